The van der Waals surface area contributed by atoms with Gasteiger partial charge in [-0.25, -0.2) is 4.39 Å². The van der Waals surface area contributed by atoms with Gasteiger partial charge in [0, 0.05) is 33.1 Å². The third-order valence-corrected chi connectivity index (χ3v) is 3.84. The topological polar surface area (TPSA) is 58.4 Å². The monoisotopic (exact) mass is 279 g/mol. The second-order valence-corrected chi connectivity index (χ2v) is 5.36. The molecule has 0 aromatic heterocycles. The molecular weight excluding hydrogens is 257 g/mol. The number of hydrogen-bond acceptors (Lipinski definition) is 3. The van der Waals surface area contributed by atoms with Crippen molar-refractivity contribution in [2.75, 3.05) is 24.5 Å². The number of piperidine rings is 1. The van der Waals surface area contributed by atoms with Gasteiger partial charge in [-0.2, -0.15) is 0 Å². The largest absolute Gasteiger partial charge is 0.369 e. The maximum atomic E-state index is 14.0. The molecule has 4 nitrogen and oxygen atoms in total. The molecule has 0 unspecified atom stereocenters. The fourth-order valence-corrected chi connectivity index (χ4v) is 2.60. The van der Waals surface area contributed by atoms with Crippen LogP contribution in [0.1, 0.15) is 25.3 Å². The second kappa shape index (κ2) is 6.70. The van der Waals surface area contributed by atoms with Crippen LogP contribution in [-0.2, 0) is 11.3 Å². The summed E-state index contributed by atoms with van der Waals surface area (Å²) in [7, 11) is 0. The zero-order chi connectivity index (χ0) is 14.5. The van der Waals surface area contributed by atoms with Gasteiger partial charge in [0.15, 0.2) is 0 Å². The third-order valence-electron chi connectivity index (χ3n) is 3.84. The highest BCUT2D eigenvalue weighted by Crippen LogP contribution is 2.26. The molecule has 0 aliphatic carbocycles. The van der Waals surface area contributed by atoms with Crippen LogP contribution < -0.4 is 16.0 Å². The molecule has 1 amide bonds. The molecule has 1 saturated heterocycles. The summed E-state index contributed by atoms with van der Waals surface area (Å²) < 4.78 is 14.0. The van der Waals surface area contributed by atoms with Gasteiger partial charge in [0.25, 0.3) is 0 Å². The lowest BCUT2D eigenvalue weighted by atomic mass is 9.96. The van der Waals surface area contributed by atoms with Crippen molar-refractivity contribution in [2.45, 2.75) is 26.3 Å². The molecule has 0 saturated carbocycles. The zero-order valence-corrected chi connectivity index (χ0v) is 11.9. The average molecular weight is 279 g/mol. The number of nitrogens with zero attached hydrogens (tertiary/aromatic N) is 1. The lowest BCUT2D eigenvalue weighted by Gasteiger charge is -2.33. The van der Waals surface area contributed by atoms with Crippen molar-refractivity contribution < 1.29 is 9.18 Å². The molecule has 1 aromatic rings. The number of anilines is 1. The van der Waals surface area contributed by atoms with Crippen molar-refractivity contribution in [1.29, 1.82) is 0 Å². The Kier molecular flexibility index (Phi) is 4.95. The molecule has 0 bridgehead atoms. The van der Waals surface area contributed by atoms with E-state index in [0.29, 0.717) is 18.2 Å². The summed E-state index contributed by atoms with van der Waals surface area (Å²) in [6, 6.07) is 5.20. The molecule has 1 heterocycles. The molecule has 20 heavy (non-hydrogen) atoms. The number of rotatable bonds is 4. The Morgan fingerprint density at radius 1 is 1.45 bits per heavy atom. The Bertz CT molecular complexity index is 470. The Labute approximate surface area is 119 Å². The number of hydrogen-bond donors (Lipinski definition) is 2. The molecule has 0 radical (unpaired) electrons. The summed E-state index contributed by atoms with van der Waals surface area (Å²) in [6.07, 6.45) is 1.94. The van der Waals surface area contributed by atoms with Crippen molar-refractivity contribution >= 4 is 11.6 Å². The first-order valence-electron chi connectivity index (χ1n) is 7.08. The maximum Gasteiger partial charge on any atom is 0.216 e. The first kappa shape index (κ1) is 14.8. The number of nitrogens with one attached hydrogen (secondary N) is 1. The minimum absolute atomic E-state index is 0.0100. The quantitative estimate of drug-likeness (QED) is 0.881. The van der Waals surface area contributed by atoms with E-state index in [1.807, 2.05) is 12.1 Å². The fourth-order valence-electron chi connectivity index (χ4n) is 2.60. The lowest BCUT2D eigenvalue weighted by Crippen LogP contribution is -2.38. The van der Waals surface area contributed by atoms with Crippen LogP contribution in [0.5, 0.6) is 0 Å². The van der Waals surface area contributed by atoms with Crippen molar-refractivity contribution in [3.8, 4) is 0 Å². The van der Waals surface area contributed by atoms with Crippen molar-refractivity contribution in [3.05, 3.63) is 29.6 Å². The van der Waals surface area contributed by atoms with Crippen LogP contribution in [-0.4, -0.2) is 25.5 Å². The van der Waals surface area contributed by atoms with Crippen LogP contribution in [0.4, 0.5) is 10.1 Å². The molecule has 0 spiro atoms. The molecule has 1 aliphatic heterocycles. The molecule has 2 rings (SSSR count). The molecule has 1 fully saturated rings. The normalized spacial score (nSPS) is 16.2. The molecular formula is C15H22FN3O. The van der Waals surface area contributed by atoms with E-state index >= 15 is 0 Å². The predicted octanol–water partition coefficient (Wildman–Crippen LogP) is 1.64. The van der Waals surface area contributed by atoms with E-state index in [-0.39, 0.29) is 11.7 Å². The van der Waals surface area contributed by atoms with Gasteiger partial charge in [0.2, 0.25) is 5.91 Å². The minimum Gasteiger partial charge on any atom is -0.369 e. The predicted molar refractivity (Wildman–Crippen MR) is 77.9 cm³/mol. The average Bonchev–Trinajstić information content (AvgIpc) is 2.45. The van der Waals surface area contributed by atoms with Crippen LogP contribution in [0.3, 0.4) is 0 Å². The van der Waals surface area contributed by atoms with E-state index in [0.717, 1.165) is 38.0 Å². The molecule has 1 aromatic carbocycles. The number of amides is 1. The summed E-state index contributed by atoms with van der Waals surface area (Å²) in [5.74, 6) is 0.297. The van der Waals surface area contributed by atoms with Crippen molar-refractivity contribution in [1.82, 2.24) is 5.32 Å². The van der Waals surface area contributed by atoms with Crippen molar-refractivity contribution in [3.63, 3.8) is 0 Å². The van der Waals surface area contributed by atoms with Crippen molar-refractivity contribution in [2.24, 2.45) is 11.7 Å². The van der Waals surface area contributed by atoms with Gasteiger partial charge in [-0.15, -0.1) is 0 Å². The lowest BCUT2D eigenvalue weighted by molar-refractivity contribution is -0.119. The number of nitrogens with two attached hydrogens (primary N) is 1. The van der Waals surface area contributed by atoms with Crippen LogP contribution in [0.25, 0.3) is 0 Å². The van der Waals surface area contributed by atoms with E-state index in [1.165, 1.54) is 13.0 Å². The highest BCUT2D eigenvalue weighted by Gasteiger charge is 2.21. The smallest absolute Gasteiger partial charge is 0.216 e. The summed E-state index contributed by atoms with van der Waals surface area (Å²) in [5.41, 5.74) is 6.97. The van der Waals surface area contributed by atoms with E-state index < -0.39 is 0 Å². The molecule has 5 heteroatoms. The van der Waals surface area contributed by atoms with Gasteiger partial charge in [-0.1, -0.05) is 6.07 Å². The second-order valence-electron chi connectivity index (χ2n) is 5.36. The minimum atomic E-state index is -0.201. The number of carbonyl (C=O) groups is 1. The van der Waals surface area contributed by atoms with Gasteiger partial charge in [-0.05, 0) is 36.5 Å². The van der Waals surface area contributed by atoms with Gasteiger partial charge >= 0.3 is 0 Å². The molecule has 0 atom stereocenters. The Hall–Kier alpha value is -1.62. The zero-order valence-electron chi connectivity index (χ0n) is 11.9. The molecule has 1 aliphatic rings. The first-order chi connectivity index (χ1) is 9.60. The van der Waals surface area contributed by atoms with Gasteiger partial charge in [-0.3, -0.25) is 4.79 Å². The maximum absolute atomic E-state index is 14.0. The van der Waals surface area contributed by atoms with E-state index in [2.05, 4.69) is 10.2 Å². The van der Waals surface area contributed by atoms with E-state index in [1.54, 1.807) is 0 Å². The standard InChI is InChI=1S/C15H22FN3O/c1-11(20)18-10-12-4-6-19(7-5-12)15-3-2-13(9-17)8-14(15)16/h2-3,8,12H,4-7,9-10,17H2,1H3,(H,18,20). The Balaban J connectivity index is 1.92. The number of benzene rings is 1. The summed E-state index contributed by atoms with van der Waals surface area (Å²) in [6.45, 7) is 4.25. The Morgan fingerprint density at radius 3 is 2.70 bits per heavy atom. The van der Waals surface area contributed by atoms with Crippen LogP contribution in [0, 0.1) is 11.7 Å². The fraction of sp³-hybridized carbons (Fsp3) is 0.533. The summed E-state index contributed by atoms with van der Waals surface area (Å²) in [4.78, 5) is 13.0. The van der Waals surface area contributed by atoms with E-state index in [4.69, 9.17) is 5.73 Å². The SMILES string of the molecule is CC(=O)NCC1CCN(c2ccc(CN)cc2F)CC1. The highest BCUT2D eigenvalue weighted by molar-refractivity contribution is 5.72. The third kappa shape index (κ3) is 3.70. The molecule has 3 N–H and O–H groups in total. The number of carbonyl (C=O) groups excluding carboxylic acids is 1. The molecule has 110 valence electrons. The van der Waals surface area contributed by atoms with E-state index in [9.17, 15) is 9.18 Å². The summed E-state index contributed by atoms with van der Waals surface area (Å²) >= 11 is 0. The van der Waals surface area contributed by atoms with Gasteiger partial charge < -0.3 is 16.0 Å². The van der Waals surface area contributed by atoms with Crippen LogP contribution >= 0.6 is 0 Å². The van der Waals surface area contributed by atoms with Crippen LogP contribution in [0.2, 0.25) is 0 Å². The Morgan fingerprint density at radius 2 is 2.15 bits per heavy atom. The highest BCUT2D eigenvalue weighted by atomic mass is 19.1. The first-order valence-corrected chi connectivity index (χ1v) is 7.08. The summed E-state index contributed by atoms with van der Waals surface area (Å²) in [5, 5.41) is 2.85. The van der Waals surface area contributed by atoms with Gasteiger partial charge in [0.1, 0.15) is 5.82 Å². The van der Waals surface area contributed by atoms with Crippen LogP contribution in [0.15, 0.2) is 18.2 Å². The number of halogens is 1. The van der Waals surface area contributed by atoms with Gasteiger partial charge in [0.05, 0.1) is 5.69 Å².